The van der Waals surface area contributed by atoms with Crippen LogP contribution in [0.2, 0.25) is 0 Å². The lowest BCUT2D eigenvalue weighted by Crippen LogP contribution is -2.28. The van der Waals surface area contributed by atoms with Crippen molar-refractivity contribution >= 4 is 27.5 Å². The van der Waals surface area contributed by atoms with Crippen LogP contribution in [-0.2, 0) is 0 Å². The Kier molecular flexibility index (Phi) is 5.02. The summed E-state index contributed by atoms with van der Waals surface area (Å²) in [7, 11) is 0. The van der Waals surface area contributed by atoms with Gasteiger partial charge in [0.2, 0.25) is 0 Å². The Morgan fingerprint density at radius 3 is 2.48 bits per heavy atom. The number of nitrogens with one attached hydrogen (secondary N) is 1. The van der Waals surface area contributed by atoms with Crippen molar-refractivity contribution in [3.63, 3.8) is 0 Å². The first-order valence-electron chi connectivity index (χ1n) is 6.93. The molecule has 110 valence electrons. The zero-order valence-electron chi connectivity index (χ0n) is 12.2. The minimum Gasteiger partial charge on any atom is -0.399 e. The highest BCUT2D eigenvalue weighted by Gasteiger charge is 2.14. The maximum Gasteiger partial charge on any atom is 0.251 e. The molecule has 0 bridgehead atoms. The molecule has 3 N–H and O–H groups in total. The summed E-state index contributed by atoms with van der Waals surface area (Å²) in [6.07, 6.45) is 0.835. The van der Waals surface area contributed by atoms with Gasteiger partial charge in [-0.3, -0.25) is 4.79 Å². The van der Waals surface area contributed by atoms with Crippen LogP contribution in [0.1, 0.15) is 40.9 Å². The van der Waals surface area contributed by atoms with Crippen LogP contribution >= 0.6 is 15.9 Å². The van der Waals surface area contributed by atoms with Gasteiger partial charge in [-0.15, -0.1) is 0 Å². The summed E-state index contributed by atoms with van der Waals surface area (Å²) in [5.41, 5.74) is 9.14. The molecule has 1 atom stereocenters. The Morgan fingerprint density at radius 1 is 1.24 bits per heavy atom. The molecule has 2 rings (SSSR count). The Hall–Kier alpha value is -1.81. The summed E-state index contributed by atoms with van der Waals surface area (Å²) >= 11 is 3.42. The van der Waals surface area contributed by atoms with E-state index in [-0.39, 0.29) is 11.9 Å². The first kappa shape index (κ1) is 15.6. The Balaban J connectivity index is 2.15. The molecular weight excluding hydrogens is 328 g/mol. The van der Waals surface area contributed by atoms with Crippen LogP contribution < -0.4 is 11.1 Å². The number of nitrogens with two attached hydrogens (primary N) is 1. The maximum atomic E-state index is 12.4. The number of anilines is 1. The standard InChI is InChI=1S/C17H19BrN2O/c1-3-16(12-4-7-14(18)8-5-12)20-17(21)13-6-9-15(19)11(2)10-13/h4-10,16H,3,19H2,1-2H3,(H,20,21). The molecule has 0 aliphatic rings. The van der Waals surface area contributed by atoms with Gasteiger partial charge >= 0.3 is 0 Å². The van der Waals surface area contributed by atoms with Crippen molar-refractivity contribution in [2.45, 2.75) is 26.3 Å². The number of nitrogen functional groups attached to an aromatic ring is 1. The molecule has 4 heteroatoms. The number of aryl methyl sites for hydroxylation is 1. The second kappa shape index (κ2) is 6.76. The number of carbonyl (C=O) groups is 1. The highest BCUT2D eigenvalue weighted by molar-refractivity contribution is 9.10. The van der Waals surface area contributed by atoms with Crippen LogP contribution in [0.3, 0.4) is 0 Å². The molecule has 0 radical (unpaired) electrons. The minimum atomic E-state index is -0.0760. The lowest BCUT2D eigenvalue weighted by Gasteiger charge is -2.18. The van der Waals surface area contributed by atoms with Gasteiger partial charge in [-0.25, -0.2) is 0 Å². The third-order valence-electron chi connectivity index (χ3n) is 3.52. The zero-order valence-corrected chi connectivity index (χ0v) is 13.8. The fourth-order valence-corrected chi connectivity index (χ4v) is 2.44. The van der Waals surface area contributed by atoms with Crippen LogP contribution in [0, 0.1) is 6.92 Å². The first-order chi connectivity index (χ1) is 10.0. The first-order valence-corrected chi connectivity index (χ1v) is 7.73. The van der Waals surface area contributed by atoms with Gasteiger partial charge in [0.05, 0.1) is 6.04 Å². The number of benzene rings is 2. The summed E-state index contributed by atoms with van der Waals surface area (Å²) in [5.74, 6) is -0.0760. The van der Waals surface area contributed by atoms with Crippen molar-refractivity contribution in [3.8, 4) is 0 Å². The van der Waals surface area contributed by atoms with E-state index >= 15 is 0 Å². The van der Waals surface area contributed by atoms with Crippen molar-refractivity contribution in [3.05, 3.63) is 63.6 Å². The molecule has 0 saturated heterocycles. The molecule has 0 aromatic heterocycles. The van der Waals surface area contributed by atoms with E-state index in [0.29, 0.717) is 11.3 Å². The predicted octanol–water partition coefficient (Wildman–Crippen LogP) is 4.22. The van der Waals surface area contributed by atoms with Gasteiger partial charge in [-0.2, -0.15) is 0 Å². The van der Waals surface area contributed by atoms with Gasteiger partial charge < -0.3 is 11.1 Å². The monoisotopic (exact) mass is 346 g/mol. The molecule has 1 unspecified atom stereocenters. The summed E-state index contributed by atoms with van der Waals surface area (Å²) in [4.78, 5) is 12.4. The lowest BCUT2D eigenvalue weighted by atomic mass is 10.0. The van der Waals surface area contributed by atoms with Crippen molar-refractivity contribution in [2.75, 3.05) is 5.73 Å². The van der Waals surface area contributed by atoms with E-state index in [2.05, 4.69) is 28.2 Å². The van der Waals surface area contributed by atoms with E-state index in [9.17, 15) is 4.79 Å². The smallest absolute Gasteiger partial charge is 0.251 e. The molecule has 0 spiro atoms. The number of halogens is 1. The third-order valence-corrected chi connectivity index (χ3v) is 4.05. The molecule has 0 aliphatic carbocycles. The van der Waals surface area contributed by atoms with Gasteiger partial charge in [-0.1, -0.05) is 35.0 Å². The van der Waals surface area contributed by atoms with E-state index in [1.807, 2.05) is 37.3 Å². The number of carbonyl (C=O) groups excluding carboxylic acids is 1. The van der Waals surface area contributed by atoms with E-state index in [0.717, 1.165) is 22.0 Å². The summed E-state index contributed by atoms with van der Waals surface area (Å²) in [6.45, 7) is 3.96. The number of amides is 1. The van der Waals surface area contributed by atoms with Crippen molar-refractivity contribution < 1.29 is 4.79 Å². The van der Waals surface area contributed by atoms with Gasteiger partial charge in [0.15, 0.2) is 0 Å². The number of hydrogen-bond acceptors (Lipinski definition) is 2. The SMILES string of the molecule is CCC(NC(=O)c1ccc(N)c(C)c1)c1ccc(Br)cc1. The molecule has 1 amide bonds. The molecular formula is C17H19BrN2O. The second-order valence-electron chi connectivity index (χ2n) is 5.06. The van der Waals surface area contributed by atoms with Crippen molar-refractivity contribution in [1.29, 1.82) is 0 Å². The van der Waals surface area contributed by atoms with E-state index in [1.165, 1.54) is 0 Å². The molecule has 21 heavy (non-hydrogen) atoms. The van der Waals surface area contributed by atoms with Crippen molar-refractivity contribution in [2.24, 2.45) is 0 Å². The summed E-state index contributed by atoms with van der Waals surface area (Å²) in [6, 6.07) is 13.4. The Labute approximate surface area is 133 Å². The average molecular weight is 347 g/mol. The molecule has 2 aromatic rings. The quantitative estimate of drug-likeness (QED) is 0.814. The molecule has 0 fully saturated rings. The second-order valence-corrected chi connectivity index (χ2v) is 5.97. The van der Waals surface area contributed by atoms with Crippen LogP contribution in [0.15, 0.2) is 46.9 Å². The van der Waals surface area contributed by atoms with E-state index < -0.39 is 0 Å². The maximum absolute atomic E-state index is 12.4. The Morgan fingerprint density at radius 2 is 1.90 bits per heavy atom. The predicted molar refractivity (Wildman–Crippen MR) is 90.2 cm³/mol. The molecule has 3 nitrogen and oxygen atoms in total. The molecule has 0 heterocycles. The van der Waals surface area contributed by atoms with Gasteiger partial charge in [-0.05, 0) is 54.8 Å². The van der Waals surface area contributed by atoms with Crippen LogP contribution in [0.25, 0.3) is 0 Å². The van der Waals surface area contributed by atoms with E-state index in [1.54, 1.807) is 12.1 Å². The lowest BCUT2D eigenvalue weighted by molar-refractivity contribution is 0.0935. The highest BCUT2D eigenvalue weighted by Crippen LogP contribution is 2.20. The van der Waals surface area contributed by atoms with Crippen molar-refractivity contribution in [1.82, 2.24) is 5.32 Å². The normalized spacial score (nSPS) is 12.0. The zero-order chi connectivity index (χ0) is 15.4. The fraction of sp³-hybridized carbons (Fsp3) is 0.235. The Bertz CT molecular complexity index is 638. The molecule has 0 aliphatic heterocycles. The minimum absolute atomic E-state index is 0.00320. The number of hydrogen-bond donors (Lipinski definition) is 2. The third kappa shape index (κ3) is 3.85. The highest BCUT2D eigenvalue weighted by atomic mass is 79.9. The largest absolute Gasteiger partial charge is 0.399 e. The summed E-state index contributed by atoms with van der Waals surface area (Å²) < 4.78 is 1.03. The van der Waals surface area contributed by atoms with Crippen LogP contribution in [-0.4, -0.2) is 5.91 Å². The molecule has 2 aromatic carbocycles. The average Bonchev–Trinajstić information content (AvgIpc) is 2.48. The fourth-order valence-electron chi connectivity index (χ4n) is 2.17. The van der Waals surface area contributed by atoms with Gasteiger partial charge in [0, 0.05) is 15.7 Å². The van der Waals surface area contributed by atoms with Gasteiger partial charge in [0.1, 0.15) is 0 Å². The summed E-state index contributed by atoms with van der Waals surface area (Å²) in [5, 5.41) is 3.07. The molecule has 0 saturated carbocycles. The number of rotatable bonds is 4. The van der Waals surface area contributed by atoms with E-state index in [4.69, 9.17) is 5.73 Å². The van der Waals surface area contributed by atoms with Gasteiger partial charge in [0.25, 0.3) is 5.91 Å². The van der Waals surface area contributed by atoms with Crippen LogP contribution in [0.4, 0.5) is 5.69 Å². The topological polar surface area (TPSA) is 55.1 Å². The van der Waals surface area contributed by atoms with Crippen LogP contribution in [0.5, 0.6) is 0 Å².